The van der Waals surface area contributed by atoms with Crippen LogP contribution in [0.2, 0.25) is 0 Å². The molecule has 1 saturated heterocycles. The lowest BCUT2D eigenvalue weighted by Gasteiger charge is -2.37. The molecule has 1 atom stereocenters. The lowest BCUT2D eigenvalue weighted by atomic mass is 10.1. The first-order chi connectivity index (χ1) is 10.8. The summed E-state index contributed by atoms with van der Waals surface area (Å²) in [4.78, 5) is 25.1. The monoisotopic (exact) mass is 295 g/mol. The Balaban J connectivity index is 1.48. The van der Waals surface area contributed by atoms with Crippen molar-refractivity contribution in [1.29, 1.82) is 0 Å². The average molecular weight is 295 g/mol. The number of benzene rings is 1. The molecule has 1 aromatic carbocycles. The van der Waals surface area contributed by atoms with Gasteiger partial charge in [0.1, 0.15) is 6.17 Å². The minimum absolute atomic E-state index is 0.0115. The highest BCUT2D eigenvalue weighted by Crippen LogP contribution is 2.28. The van der Waals surface area contributed by atoms with Crippen LogP contribution in [-0.4, -0.2) is 47.0 Å². The molecular weight excluding hydrogens is 278 g/mol. The molecule has 0 bridgehead atoms. The number of amides is 1. The molecule has 4 rings (SSSR count). The van der Waals surface area contributed by atoms with Gasteiger partial charge in [0.25, 0.3) is 5.91 Å². The Kier molecular flexibility index (Phi) is 3.23. The first kappa shape index (κ1) is 13.2. The van der Waals surface area contributed by atoms with Crippen LogP contribution in [0.4, 0.5) is 5.95 Å². The molecule has 1 fully saturated rings. The smallest absolute Gasteiger partial charge is 0.253 e. The maximum atomic E-state index is 12.0. The molecule has 6 nitrogen and oxygen atoms in total. The van der Waals surface area contributed by atoms with Crippen LogP contribution in [0.25, 0.3) is 0 Å². The van der Waals surface area contributed by atoms with E-state index in [2.05, 4.69) is 25.1 Å². The molecule has 0 spiro atoms. The number of hydrogen-bond acceptors (Lipinski definition) is 5. The van der Waals surface area contributed by atoms with Gasteiger partial charge in [-0.05, 0) is 12.1 Å². The zero-order valence-electron chi connectivity index (χ0n) is 12.1. The van der Waals surface area contributed by atoms with Crippen molar-refractivity contribution < 1.29 is 4.79 Å². The van der Waals surface area contributed by atoms with Crippen molar-refractivity contribution in [3.63, 3.8) is 0 Å². The van der Waals surface area contributed by atoms with Crippen LogP contribution in [0.3, 0.4) is 0 Å². The summed E-state index contributed by atoms with van der Waals surface area (Å²) in [5, 5.41) is 3.08. The quantitative estimate of drug-likeness (QED) is 0.897. The minimum Gasteiger partial charge on any atom is -0.338 e. The molecule has 22 heavy (non-hydrogen) atoms. The van der Waals surface area contributed by atoms with Crippen LogP contribution < -0.4 is 10.2 Å². The molecule has 0 saturated carbocycles. The van der Waals surface area contributed by atoms with E-state index in [4.69, 9.17) is 0 Å². The maximum Gasteiger partial charge on any atom is 0.253 e. The molecule has 112 valence electrons. The van der Waals surface area contributed by atoms with Gasteiger partial charge in [-0.1, -0.05) is 18.2 Å². The molecule has 6 heteroatoms. The Morgan fingerprint density at radius 3 is 2.50 bits per heavy atom. The molecule has 2 aromatic rings. The second-order valence-corrected chi connectivity index (χ2v) is 5.54. The van der Waals surface area contributed by atoms with E-state index >= 15 is 0 Å². The number of piperazine rings is 1. The Hall–Kier alpha value is -2.47. The van der Waals surface area contributed by atoms with E-state index in [-0.39, 0.29) is 12.1 Å². The number of nitrogens with one attached hydrogen (secondary N) is 1. The molecule has 1 amide bonds. The summed E-state index contributed by atoms with van der Waals surface area (Å²) in [5.41, 5.74) is 1.87. The van der Waals surface area contributed by atoms with E-state index in [1.807, 2.05) is 30.3 Å². The largest absolute Gasteiger partial charge is 0.338 e. The number of anilines is 1. The topological polar surface area (TPSA) is 61.4 Å². The van der Waals surface area contributed by atoms with E-state index < -0.39 is 0 Å². The van der Waals surface area contributed by atoms with Crippen molar-refractivity contribution in [2.75, 3.05) is 31.1 Å². The van der Waals surface area contributed by atoms with Gasteiger partial charge in [0.2, 0.25) is 5.95 Å². The maximum absolute atomic E-state index is 12.0. The van der Waals surface area contributed by atoms with Crippen molar-refractivity contribution in [3.05, 3.63) is 53.9 Å². The zero-order chi connectivity index (χ0) is 14.9. The average Bonchev–Trinajstić information content (AvgIpc) is 2.93. The molecule has 2 aliphatic heterocycles. The van der Waals surface area contributed by atoms with Crippen molar-refractivity contribution in [2.45, 2.75) is 6.17 Å². The van der Waals surface area contributed by atoms with Crippen LogP contribution >= 0.6 is 0 Å². The number of aromatic nitrogens is 2. The van der Waals surface area contributed by atoms with Gasteiger partial charge in [0.15, 0.2) is 0 Å². The van der Waals surface area contributed by atoms with Crippen LogP contribution in [0.1, 0.15) is 22.1 Å². The standard InChI is InChI=1S/C16H17N5O/c22-15-13-5-2-1-4-12(13)14(19-15)20-8-10-21(11-9-20)16-17-6-3-7-18-16/h1-7,14H,8-11H2,(H,19,22). The summed E-state index contributed by atoms with van der Waals surface area (Å²) < 4.78 is 0. The summed E-state index contributed by atoms with van der Waals surface area (Å²) in [6, 6.07) is 9.64. The van der Waals surface area contributed by atoms with Crippen molar-refractivity contribution in [1.82, 2.24) is 20.2 Å². The molecule has 0 aliphatic carbocycles. The molecule has 3 heterocycles. The van der Waals surface area contributed by atoms with Gasteiger partial charge in [0, 0.05) is 49.7 Å². The normalized spacial score (nSPS) is 21.5. The fourth-order valence-electron chi connectivity index (χ4n) is 3.14. The summed E-state index contributed by atoms with van der Waals surface area (Å²) in [5.74, 6) is 0.799. The first-order valence-corrected chi connectivity index (χ1v) is 7.49. The number of nitrogens with zero attached hydrogens (tertiary/aromatic N) is 4. The van der Waals surface area contributed by atoms with Gasteiger partial charge in [-0.25, -0.2) is 9.97 Å². The Morgan fingerprint density at radius 2 is 1.73 bits per heavy atom. The Bertz CT molecular complexity index is 682. The molecule has 0 radical (unpaired) electrons. The lowest BCUT2D eigenvalue weighted by molar-refractivity contribution is 0.0887. The summed E-state index contributed by atoms with van der Waals surface area (Å²) in [6.45, 7) is 3.46. The number of hydrogen-bond donors (Lipinski definition) is 1. The molecule has 1 unspecified atom stereocenters. The summed E-state index contributed by atoms with van der Waals surface area (Å²) in [7, 11) is 0. The van der Waals surface area contributed by atoms with Crippen molar-refractivity contribution in [2.24, 2.45) is 0 Å². The number of fused-ring (bicyclic) bond motifs is 1. The van der Waals surface area contributed by atoms with Crippen molar-refractivity contribution >= 4 is 11.9 Å². The first-order valence-electron chi connectivity index (χ1n) is 7.49. The third-order valence-corrected chi connectivity index (χ3v) is 4.28. The summed E-state index contributed by atoms with van der Waals surface area (Å²) >= 11 is 0. The van der Waals surface area contributed by atoms with Crippen LogP contribution in [0.5, 0.6) is 0 Å². The third-order valence-electron chi connectivity index (χ3n) is 4.28. The van der Waals surface area contributed by atoms with E-state index in [1.165, 1.54) is 0 Å². The minimum atomic E-state index is -0.0115. The van der Waals surface area contributed by atoms with Crippen LogP contribution in [0, 0.1) is 0 Å². The predicted molar refractivity (Wildman–Crippen MR) is 82.5 cm³/mol. The van der Waals surface area contributed by atoms with E-state index in [0.29, 0.717) is 0 Å². The molecule has 1 aromatic heterocycles. The van der Waals surface area contributed by atoms with E-state index in [1.54, 1.807) is 12.4 Å². The van der Waals surface area contributed by atoms with E-state index in [0.717, 1.165) is 43.3 Å². The molecule has 1 N–H and O–H groups in total. The highest BCUT2D eigenvalue weighted by molar-refractivity contribution is 5.99. The third kappa shape index (κ3) is 2.21. The Morgan fingerprint density at radius 1 is 1.00 bits per heavy atom. The number of carbonyl (C=O) groups excluding carboxylic acids is 1. The zero-order valence-corrected chi connectivity index (χ0v) is 12.1. The van der Waals surface area contributed by atoms with Gasteiger partial charge < -0.3 is 10.2 Å². The van der Waals surface area contributed by atoms with Crippen LogP contribution in [-0.2, 0) is 0 Å². The molecular formula is C16H17N5O. The number of rotatable bonds is 2. The highest BCUT2D eigenvalue weighted by atomic mass is 16.2. The van der Waals surface area contributed by atoms with Crippen molar-refractivity contribution in [3.8, 4) is 0 Å². The van der Waals surface area contributed by atoms with Gasteiger partial charge in [-0.15, -0.1) is 0 Å². The van der Waals surface area contributed by atoms with Gasteiger partial charge >= 0.3 is 0 Å². The van der Waals surface area contributed by atoms with Gasteiger partial charge in [-0.2, -0.15) is 0 Å². The fraction of sp³-hybridized carbons (Fsp3) is 0.312. The van der Waals surface area contributed by atoms with Crippen LogP contribution in [0.15, 0.2) is 42.7 Å². The van der Waals surface area contributed by atoms with Gasteiger partial charge in [0.05, 0.1) is 0 Å². The van der Waals surface area contributed by atoms with Gasteiger partial charge in [-0.3, -0.25) is 9.69 Å². The second-order valence-electron chi connectivity index (χ2n) is 5.54. The lowest BCUT2D eigenvalue weighted by Crippen LogP contribution is -2.50. The fourth-order valence-corrected chi connectivity index (χ4v) is 3.14. The SMILES string of the molecule is O=C1NC(N2CCN(c3ncccn3)CC2)c2ccccc21. The second kappa shape index (κ2) is 5.38. The molecule has 2 aliphatic rings. The number of carbonyl (C=O) groups is 1. The van der Waals surface area contributed by atoms with E-state index in [9.17, 15) is 4.79 Å². The summed E-state index contributed by atoms with van der Waals surface area (Å²) in [6.07, 6.45) is 3.52. The highest BCUT2D eigenvalue weighted by Gasteiger charge is 2.34. The predicted octanol–water partition coefficient (Wildman–Crippen LogP) is 1.04. The Labute approximate surface area is 128 Å².